The van der Waals surface area contributed by atoms with Gasteiger partial charge in [-0.05, 0) is 50.7 Å². The number of fused-ring (bicyclic) bond motifs is 1. The summed E-state index contributed by atoms with van der Waals surface area (Å²) in [5, 5.41) is 1.19. The molecule has 0 aliphatic heterocycles. The molecule has 1 aliphatic rings. The number of halogens is 1. The smallest absolute Gasteiger partial charge is 0.340 e. The normalized spacial score (nSPS) is 14.2. The van der Waals surface area contributed by atoms with Crippen molar-refractivity contribution >= 4 is 39.9 Å². The van der Waals surface area contributed by atoms with Crippen LogP contribution < -0.4 is 0 Å². The van der Waals surface area contributed by atoms with Gasteiger partial charge in [0.2, 0.25) is 0 Å². The Kier molecular flexibility index (Phi) is 4.07. The lowest BCUT2D eigenvalue weighted by Gasteiger charge is -2.12. The minimum atomic E-state index is -0.253. The lowest BCUT2D eigenvalue weighted by Crippen LogP contribution is -2.10. The van der Waals surface area contributed by atoms with Crippen LogP contribution in [0.4, 0.5) is 0 Å². The zero-order chi connectivity index (χ0) is 13.7. The van der Waals surface area contributed by atoms with Gasteiger partial charge in [-0.15, -0.1) is 23.7 Å². The van der Waals surface area contributed by atoms with Gasteiger partial charge in [-0.25, -0.2) is 9.78 Å². The topological polar surface area (TPSA) is 39.2 Å². The number of aryl methyl sites for hydroxylation is 3. The maximum atomic E-state index is 12.1. The highest BCUT2D eigenvalue weighted by molar-refractivity contribution is 7.18. The van der Waals surface area contributed by atoms with Gasteiger partial charge in [-0.1, -0.05) is 0 Å². The minimum absolute atomic E-state index is 0. The number of esters is 1. The number of nitrogens with zero attached hydrogens (tertiary/aromatic N) is 1. The summed E-state index contributed by atoms with van der Waals surface area (Å²) in [4.78, 5) is 19.0. The molecule has 0 bridgehead atoms. The molecule has 0 amide bonds. The number of hydrogen-bond donors (Lipinski definition) is 0. The lowest BCUT2D eigenvalue weighted by molar-refractivity contribution is 0.0598. The molecule has 2 heterocycles. The summed E-state index contributed by atoms with van der Waals surface area (Å²) in [5.74, 6) is 0.253. The molecule has 3 rings (SSSR count). The fraction of sp³-hybridized carbons (Fsp3) is 0.467. The van der Waals surface area contributed by atoms with E-state index in [0.29, 0.717) is 11.5 Å². The quantitative estimate of drug-likeness (QED) is 0.776. The molecular formula is C15H18ClNO2S. The van der Waals surface area contributed by atoms with Gasteiger partial charge in [0, 0.05) is 10.3 Å². The van der Waals surface area contributed by atoms with E-state index in [1.165, 1.54) is 28.5 Å². The summed E-state index contributed by atoms with van der Waals surface area (Å²) >= 11 is 1.72. The van der Waals surface area contributed by atoms with E-state index in [4.69, 9.17) is 4.74 Å². The predicted molar refractivity (Wildman–Crippen MR) is 84.4 cm³/mol. The molecule has 3 nitrogen and oxygen atoms in total. The Morgan fingerprint density at radius 2 is 1.95 bits per heavy atom. The third kappa shape index (κ3) is 2.21. The van der Waals surface area contributed by atoms with Crippen molar-refractivity contribution in [1.82, 2.24) is 4.98 Å². The molecule has 0 N–H and O–H groups in total. The van der Waals surface area contributed by atoms with E-state index in [1.54, 1.807) is 11.3 Å². The average Bonchev–Trinajstić information content (AvgIpc) is 3.16. The summed E-state index contributed by atoms with van der Waals surface area (Å²) in [6.07, 6.45) is 2.33. The number of hydrogen-bond acceptors (Lipinski definition) is 4. The molecular weight excluding hydrogens is 294 g/mol. The van der Waals surface area contributed by atoms with E-state index in [0.717, 1.165) is 23.4 Å². The van der Waals surface area contributed by atoms with E-state index in [-0.39, 0.29) is 18.4 Å². The molecule has 0 atom stereocenters. The summed E-state index contributed by atoms with van der Waals surface area (Å²) in [6, 6.07) is 0. The van der Waals surface area contributed by atoms with Gasteiger partial charge in [0.05, 0.1) is 18.4 Å². The Labute approximate surface area is 128 Å². The first-order valence-corrected chi connectivity index (χ1v) is 7.34. The van der Waals surface area contributed by atoms with Crippen LogP contribution in [-0.4, -0.2) is 18.1 Å². The van der Waals surface area contributed by atoms with Crippen molar-refractivity contribution in [1.29, 1.82) is 0 Å². The SMILES string of the molecule is COC(=O)c1c(C)nc2sc(C)c(C)c2c1C1CC1.Cl. The van der Waals surface area contributed by atoms with Crippen molar-refractivity contribution in [2.24, 2.45) is 0 Å². The van der Waals surface area contributed by atoms with Gasteiger partial charge >= 0.3 is 5.97 Å². The molecule has 0 unspecified atom stereocenters. The molecule has 2 aromatic heterocycles. The number of methoxy groups -OCH3 is 1. The van der Waals surface area contributed by atoms with Crippen LogP contribution in [0.2, 0.25) is 0 Å². The Hall–Kier alpha value is -1.13. The first kappa shape index (κ1) is 15.3. The Balaban J connectivity index is 0.00000147. The van der Waals surface area contributed by atoms with Gasteiger partial charge < -0.3 is 4.74 Å². The largest absolute Gasteiger partial charge is 0.465 e. The minimum Gasteiger partial charge on any atom is -0.465 e. The van der Waals surface area contributed by atoms with Crippen LogP contribution in [0.25, 0.3) is 10.2 Å². The second-order valence-electron chi connectivity index (χ2n) is 5.22. The summed E-state index contributed by atoms with van der Waals surface area (Å²) < 4.78 is 4.96. The molecule has 108 valence electrons. The lowest BCUT2D eigenvalue weighted by atomic mass is 9.97. The van der Waals surface area contributed by atoms with Gasteiger partial charge in [-0.2, -0.15) is 0 Å². The first-order valence-electron chi connectivity index (χ1n) is 6.53. The number of aromatic nitrogens is 1. The van der Waals surface area contributed by atoms with Crippen LogP contribution in [0.1, 0.15) is 50.8 Å². The zero-order valence-corrected chi connectivity index (χ0v) is 13.7. The Morgan fingerprint density at radius 3 is 2.50 bits per heavy atom. The van der Waals surface area contributed by atoms with Crippen LogP contribution in [0.5, 0.6) is 0 Å². The highest BCUT2D eigenvalue weighted by atomic mass is 35.5. The monoisotopic (exact) mass is 311 g/mol. The number of ether oxygens (including phenoxy) is 1. The second-order valence-corrected chi connectivity index (χ2v) is 6.42. The van der Waals surface area contributed by atoms with E-state index < -0.39 is 0 Å². The average molecular weight is 312 g/mol. The number of carbonyl (C=O) groups is 1. The maximum Gasteiger partial charge on any atom is 0.340 e. The van der Waals surface area contributed by atoms with Crippen LogP contribution >= 0.6 is 23.7 Å². The second kappa shape index (κ2) is 5.34. The molecule has 0 spiro atoms. The van der Waals surface area contributed by atoms with Gasteiger partial charge in [0.25, 0.3) is 0 Å². The molecule has 0 aromatic carbocycles. The van der Waals surface area contributed by atoms with E-state index in [1.807, 2.05) is 6.92 Å². The van der Waals surface area contributed by atoms with Gasteiger partial charge in [-0.3, -0.25) is 0 Å². The number of thiophene rings is 1. The van der Waals surface area contributed by atoms with E-state index in [9.17, 15) is 4.79 Å². The van der Waals surface area contributed by atoms with Crippen molar-refractivity contribution in [3.63, 3.8) is 0 Å². The summed E-state index contributed by atoms with van der Waals surface area (Å²) in [5.41, 5.74) is 3.93. The van der Waals surface area contributed by atoms with Crippen molar-refractivity contribution in [3.8, 4) is 0 Å². The van der Waals surface area contributed by atoms with Gasteiger partial charge in [0.1, 0.15) is 4.83 Å². The molecule has 1 aliphatic carbocycles. The molecule has 20 heavy (non-hydrogen) atoms. The summed E-state index contributed by atoms with van der Waals surface area (Å²) in [6.45, 7) is 6.14. The third-order valence-corrected chi connectivity index (χ3v) is 5.01. The zero-order valence-electron chi connectivity index (χ0n) is 12.1. The van der Waals surface area contributed by atoms with Crippen molar-refractivity contribution < 1.29 is 9.53 Å². The fourth-order valence-electron chi connectivity index (χ4n) is 2.67. The number of pyridine rings is 1. The molecule has 0 saturated heterocycles. The third-order valence-electron chi connectivity index (χ3n) is 3.91. The van der Waals surface area contributed by atoms with Crippen LogP contribution in [0.3, 0.4) is 0 Å². The Morgan fingerprint density at radius 1 is 1.30 bits per heavy atom. The standard InChI is InChI=1S/C15H17NO2S.ClH/c1-7-9(3)19-14-11(7)13(10-5-6-10)12(8(2)16-14)15(17)18-4;/h10H,5-6H2,1-4H3;1H. The van der Waals surface area contributed by atoms with E-state index in [2.05, 4.69) is 18.8 Å². The van der Waals surface area contributed by atoms with Crippen LogP contribution in [-0.2, 0) is 4.74 Å². The summed E-state index contributed by atoms with van der Waals surface area (Å²) in [7, 11) is 1.44. The molecule has 2 aromatic rings. The molecule has 5 heteroatoms. The van der Waals surface area contributed by atoms with Gasteiger partial charge in [0.15, 0.2) is 0 Å². The van der Waals surface area contributed by atoms with Crippen molar-refractivity contribution in [2.45, 2.75) is 39.5 Å². The highest BCUT2D eigenvalue weighted by Crippen LogP contribution is 2.47. The molecule has 1 saturated carbocycles. The fourth-order valence-corrected chi connectivity index (χ4v) is 3.77. The van der Waals surface area contributed by atoms with Crippen LogP contribution in [0.15, 0.2) is 0 Å². The van der Waals surface area contributed by atoms with Crippen molar-refractivity contribution in [3.05, 3.63) is 27.3 Å². The highest BCUT2D eigenvalue weighted by Gasteiger charge is 2.33. The first-order chi connectivity index (χ1) is 9.04. The van der Waals surface area contributed by atoms with Crippen LogP contribution in [0, 0.1) is 20.8 Å². The predicted octanol–water partition coefficient (Wildman–Crippen LogP) is 4.31. The molecule has 0 radical (unpaired) electrons. The maximum absolute atomic E-state index is 12.1. The molecule has 1 fully saturated rings. The Bertz CT molecular complexity index is 689. The van der Waals surface area contributed by atoms with E-state index >= 15 is 0 Å². The van der Waals surface area contributed by atoms with Crippen molar-refractivity contribution in [2.75, 3.05) is 7.11 Å². The number of rotatable bonds is 2. The number of carbonyl (C=O) groups excluding carboxylic acids is 1.